The van der Waals surface area contributed by atoms with Gasteiger partial charge in [-0.3, -0.25) is 4.79 Å². The fourth-order valence-electron chi connectivity index (χ4n) is 2.89. The van der Waals surface area contributed by atoms with Crippen LogP contribution in [0.25, 0.3) is 10.1 Å². The third kappa shape index (κ3) is 2.94. The molecule has 1 unspecified atom stereocenters. The van der Waals surface area contributed by atoms with E-state index in [4.69, 9.17) is 0 Å². The summed E-state index contributed by atoms with van der Waals surface area (Å²) in [5, 5.41) is 6.92. The standard InChI is InChI=1S/C16H19FN2OS/c1-10-14-12(17)5-2-6-13(14)21-15(10)16(20)19-9-11-4-3-7-18-8-11/h2,5-6,11,18H,3-4,7-9H2,1H3,(H,19,20). The highest BCUT2D eigenvalue weighted by Crippen LogP contribution is 2.32. The van der Waals surface area contributed by atoms with Crippen molar-refractivity contribution in [1.82, 2.24) is 10.6 Å². The first-order valence-corrected chi connectivity index (χ1v) is 8.15. The van der Waals surface area contributed by atoms with E-state index in [1.807, 2.05) is 13.0 Å². The second-order valence-electron chi connectivity index (χ2n) is 5.59. The fourth-order valence-corrected chi connectivity index (χ4v) is 4.02. The Morgan fingerprint density at radius 3 is 3.10 bits per heavy atom. The van der Waals surface area contributed by atoms with E-state index < -0.39 is 0 Å². The summed E-state index contributed by atoms with van der Waals surface area (Å²) in [7, 11) is 0. The van der Waals surface area contributed by atoms with Crippen molar-refractivity contribution in [3.63, 3.8) is 0 Å². The summed E-state index contributed by atoms with van der Waals surface area (Å²) in [5.74, 6) is 0.157. The maximum atomic E-state index is 13.9. The van der Waals surface area contributed by atoms with Crippen molar-refractivity contribution >= 4 is 27.3 Å². The van der Waals surface area contributed by atoms with Crippen LogP contribution in [0.1, 0.15) is 28.1 Å². The zero-order valence-electron chi connectivity index (χ0n) is 12.0. The molecule has 21 heavy (non-hydrogen) atoms. The minimum absolute atomic E-state index is 0.0846. The maximum absolute atomic E-state index is 13.9. The van der Waals surface area contributed by atoms with Gasteiger partial charge in [-0.05, 0) is 56.5 Å². The second-order valence-corrected chi connectivity index (χ2v) is 6.64. The molecule has 0 aliphatic carbocycles. The van der Waals surface area contributed by atoms with Gasteiger partial charge in [-0.2, -0.15) is 0 Å². The van der Waals surface area contributed by atoms with Crippen molar-refractivity contribution in [2.45, 2.75) is 19.8 Å². The van der Waals surface area contributed by atoms with E-state index in [0.29, 0.717) is 22.7 Å². The Balaban J connectivity index is 1.75. The second kappa shape index (κ2) is 6.12. The van der Waals surface area contributed by atoms with Crippen molar-refractivity contribution < 1.29 is 9.18 Å². The van der Waals surface area contributed by atoms with E-state index in [0.717, 1.165) is 36.2 Å². The number of piperidine rings is 1. The first-order valence-electron chi connectivity index (χ1n) is 7.33. The van der Waals surface area contributed by atoms with Crippen molar-refractivity contribution in [3.05, 3.63) is 34.5 Å². The molecule has 2 aromatic rings. The minimum Gasteiger partial charge on any atom is -0.351 e. The summed E-state index contributed by atoms with van der Waals surface area (Å²) in [4.78, 5) is 13.0. The largest absolute Gasteiger partial charge is 0.351 e. The SMILES string of the molecule is Cc1c(C(=O)NCC2CCCNC2)sc2cccc(F)c12. The molecule has 2 heterocycles. The number of rotatable bonds is 3. The summed E-state index contributed by atoms with van der Waals surface area (Å²) in [6.07, 6.45) is 2.31. The number of carbonyl (C=O) groups excluding carboxylic acids is 1. The molecular weight excluding hydrogens is 287 g/mol. The highest BCUT2D eigenvalue weighted by atomic mass is 32.1. The number of benzene rings is 1. The number of amides is 1. The third-order valence-electron chi connectivity index (χ3n) is 4.06. The summed E-state index contributed by atoms with van der Waals surface area (Å²) in [5.41, 5.74) is 0.743. The van der Waals surface area contributed by atoms with Crippen LogP contribution in [0.15, 0.2) is 18.2 Å². The van der Waals surface area contributed by atoms with Gasteiger partial charge in [0, 0.05) is 16.6 Å². The Morgan fingerprint density at radius 2 is 2.38 bits per heavy atom. The molecule has 0 saturated carbocycles. The fraction of sp³-hybridized carbons (Fsp3) is 0.438. The van der Waals surface area contributed by atoms with Gasteiger partial charge in [-0.15, -0.1) is 11.3 Å². The predicted molar refractivity (Wildman–Crippen MR) is 84.4 cm³/mol. The van der Waals surface area contributed by atoms with Crippen LogP contribution in [-0.2, 0) is 0 Å². The molecule has 1 aliphatic rings. The molecule has 1 saturated heterocycles. The molecule has 5 heteroatoms. The summed E-state index contributed by atoms with van der Waals surface area (Å²) in [6, 6.07) is 4.98. The Labute approximate surface area is 127 Å². The quantitative estimate of drug-likeness (QED) is 0.915. The van der Waals surface area contributed by atoms with Crippen molar-refractivity contribution in [2.75, 3.05) is 19.6 Å². The van der Waals surface area contributed by atoms with E-state index in [-0.39, 0.29) is 11.7 Å². The molecule has 1 aliphatic heterocycles. The molecule has 0 spiro atoms. The monoisotopic (exact) mass is 306 g/mol. The molecular formula is C16H19FN2OS. The topological polar surface area (TPSA) is 41.1 Å². The lowest BCUT2D eigenvalue weighted by molar-refractivity contribution is 0.0948. The molecule has 3 nitrogen and oxygen atoms in total. The lowest BCUT2D eigenvalue weighted by Crippen LogP contribution is -2.38. The van der Waals surface area contributed by atoms with Gasteiger partial charge in [-0.25, -0.2) is 4.39 Å². The van der Waals surface area contributed by atoms with E-state index in [9.17, 15) is 9.18 Å². The minimum atomic E-state index is -0.253. The van der Waals surface area contributed by atoms with Crippen LogP contribution < -0.4 is 10.6 Å². The molecule has 1 amide bonds. The van der Waals surface area contributed by atoms with Crippen LogP contribution in [0.3, 0.4) is 0 Å². The van der Waals surface area contributed by atoms with Gasteiger partial charge < -0.3 is 10.6 Å². The average molecular weight is 306 g/mol. The predicted octanol–water partition coefficient (Wildman–Crippen LogP) is 3.08. The lowest BCUT2D eigenvalue weighted by atomic mass is 10.00. The van der Waals surface area contributed by atoms with Gasteiger partial charge >= 0.3 is 0 Å². The molecule has 3 rings (SSSR count). The van der Waals surface area contributed by atoms with Gasteiger partial charge in [0.25, 0.3) is 5.91 Å². The Kier molecular flexibility index (Phi) is 4.22. The summed E-state index contributed by atoms with van der Waals surface area (Å²) >= 11 is 1.37. The highest BCUT2D eigenvalue weighted by molar-refractivity contribution is 7.21. The van der Waals surface area contributed by atoms with Crippen LogP contribution >= 0.6 is 11.3 Å². The van der Waals surface area contributed by atoms with Gasteiger partial charge in [-0.1, -0.05) is 6.07 Å². The molecule has 2 N–H and O–H groups in total. The van der Waals surface area contributed by atoms with E-state index in [1.165, 1.54) is 17.4 Å². The Morgan fingerprint density at radius 1 is 1.52 bits per heavy atom. The van der Waals surface area contributed by atoms with E-state index in [2.05, 4.69) is 10.6 Å². The van der Waals surface area contributed by atoms with Crippen molar-refractivity contribution in [2.24, 2.45) is 5.92 Å². The molecule has 1 fully saturated rings. The first-order chi connectivity index (χ1) is 10.2. The number of fused-ring (bicyclic) bond motifs is 1. The zero-order valence-corrected chi connectivity index (χ0v) is 12.9. The summed E-state index contributed by atoms with van der Waals surface area (Å²) < 4.78 is 14.7. The highest BCUT2D eigenvalue weighted by Gasteiger charge is 2.19. The normalized spacial score (nSPS) is 18.9. The Bertz CT molecular complexity index is 662. The van der Waals surface area contributed by atoms with Crippen LogP contribution in [0.5, 0.6) is 0 Å². The number of hydrogen-bond donors (Lipinski definition) is 2. The van der Waals surface area contributed by atoms with Gasteiger partial charge in [0.1, 0.15) is 5.82 Å². The average Bonchev–Trinajstić information content (AvgIpc) is 2.84. The maximum Gasteiger partial charge on any atom is 0.261 e. The number of nitrogens with one attached hydrogen (secondary N) is 2. The molecule has 0 bridgehead atoms. The third-order valence-corrected chi connectivity index (χ3v) is 5.32. The zero-order chi connectivity index (χ0) is 14.8. The van der Waals surface area contributed by atoms with Gasteiger partial charge in [0.15, 0.2) is 0 Å². The van der Waals surface area contributed by atoms with E-state index >= 15 is 0 Å². The van der Waals surface area contributed by atoms with E-state index in [1.54, 1.807) is 6.07 Å². The van der Waals surface area contributed by atoms with Gasteiger partial charge in [0.05, 0.1) is 4.88 Å². The summed E-state index contributed by atoms with van der Waals surface area (Å²) in [6.45, 7) is 4.53. The lowest BCUT2D eigenvalue weighted by Gasteiger charge is -2.22. The van der Waals surface area contributed by atoms with Crippen LogP contribution in [0.2, 0.25) is 0 Å². The number of thiophene rings is 1. The smallest absolute Gasteiger partial charge is 0.261 e. The van der Waals surface area contributed by atoms with Gasteiger partial charge in [0.2, 0.25) is 0 Å². The van der Waals surface area contributed by atoms with Crippen LogP contribution in [0.4, 0.5) is 4.39 Å². The number of aryl methyl sites for hydroxylation is 1. The number of halogens is 1. The molecule has 112 valence electrons. The van der Waals surface area contributed by atoms with Crippen LogP contribution in [-0.4, -0.2) is 25.5 Å². The first kappa shape index (κ1) is 14.5. The molecule has 0 radical (unpaired) electrons. The molecule has 1 aromatic carbocycles. The number of hydrogen-bond acceptors (Lipinski definition) is 3. The number of carbonyl (C=O) groups is 1. The Hall–Kier alpha value is -1.46. The molecule has 1 aromatic heterocycles. The van der Waals surface area contributed by atoms with Crippen molar-refractivity contribution in [3.8, 4) is 0 Å². The van der Waals surface area contributed by atoms with Crippen LogP contribution in [0, 0.1) is 18.7 Å². The van der Waals surface area contributed by atoms with Crippen molar-refractivity contribution in [1.29, 1.82) is 0 Å². The molecule has 1 atom stereocenters.